The highest BCUT2D eigenvalue weighted by Gasteiger charge is 1.91. The first-order chi connectivity index (χ1) is 6.88. The van der Waals surface area contributed by atoms with E-state index in [0.717, 1.165) is 11.1 Å². The number of hydrogen-bond donors (Lipinski definition) is 0. The molecule has 4 nitrogen and oxygen atoms in total. The van der Waals surface area contributed by atoms with E-state index < -0.39 is 0 Å². The minimum absolute atomic E-state index is 0.431. The molecule has 0 aliphatic rings. The lowest BCUT2D eigenvalue weighted by atomic mass is 10.3. The third-order valence-corrected chi connectivity index (χ3v) is 1.47. The number of fused-ring (bicyclic) bond motifs is 1. The van der Waals surface area contributed by atoms with E-state index >= 15 is 0 Å². The summed E-state index contributed by atoms with van der Waals surface area (Å²) in [5.41, 5.74) is 1.76. The fourth-order valence-electron chi connectivity index (χ4n) is 0.871. The molecule has 0 bridgehead atoms. The van der Waals surface area contributed by atoms with Gasteiger partial charge in [0.2, 0.25) is 0 Å². The third-order valence-electron chi connectivity index (χ3n) is 1.47. The lowest BCUT2D eigenvalue weighted by Crippen LogP contribution is -1.80. The summed E-state index contributed by atoms with van der Waals surface area (Å²) in [5.74, 6) is 0. The number of rotatable bonds is 2. The van der Waals surface area contributed by atoms with Crippen molar-refractivity contribution in [2.24, 2.45) is 0 Å². The van der Waals surface area contributed by atoms with Crippen LogP contribution in [-0.2, 0) is 9.53 Å². The van der Waals surface area contributed by atoms with E-state index in [0.29, 0.717) is 13.1 Å². The molecule has 0 unspecified atom stereocenters. The molecule has 1 aromatic heterocycles. The number of ether oxygens (including phenoxy) is 1. The maximum absolute atomic E-state index is 9.18. The molecule has 0 amide bonds. The molecule has 14 heavy (non-hydrogen) atoms. The van der Waals surface area contributed by atoms with E-state index in [4.69, 9.17) is 4.42 Å². The molecule has 74 valence electrons. The lowest BCUT2D eigenvalue weighted by molar-refractivity contribution is -0.128. The van der Waals surface area contributed by atoms with Gasteiger partial charge in [-0.25, -0.2) is 4.98 Å². The number of nitrogens with zero attached hydrogens (tertiary/aromatic N) is 1. The molecule has 0 saturated carbocycles. The van der Waals surface area contributed by atoms with Crippen LogP contribution in [-0.4, -0.2) is 18.1 Å². The molecule has 0 atom stereocenters. The first-order valence-corrected chi connectivity index (χ1v) is 4.22. The van der Waals surface area contributed by atoms with Crippen molar-refractivity contribution >= 4 is 17.6 Å². The van der Waals surface area contributed by atoms with Gasteiger partial charge in [0.25, 0.3) is 6.47 Å². The van der Waals surface area contributed by atoms with E-state index in [-0.39, 0.29) is 0 Å². The van der Waals surface area contributed by atoms with Crippen molar-refractivity contribution in [1.82, 2.24) is 4.98 Å². The molecule has 2 rings (SSSR count). The second-order valence-electron chi connectivity index (χ2n) is 2.37. The Morgan fingerprint density at radius 3 is 2.86 bits per heavy atom. The molecule has 0 fully saturated rings. The molecule has 1 heterocycles. The molecule has 2 aromatic rings. The Balaban J connectivity index is 0.000000171. The molecule has 0 radical (unpaired) electrons. The molecular formula is C10H11NO3. The Labute approximate surface area is 81.5 Å². The predicted octanol–water partition coefficient (Wildman–Crippen LogP) is 2.01. The zero-order valence-electron chi connectivity index (χ0n) is 7.84. The number of hydrogen-bond acceptors (Lipinski definition) is 4. The Bertz CT molecular complexity index is 353. The molecular weight excluding hydrogens is 182 g/mol. The summed E-state index contributed by atoms with van der Waals surface area (Å²) in [7, 11) is 0. The summed E-state index contributed by atoms with van der Waals surface area (Å²) in [6.07, 6.45) is 1.45. The summed E-state index contributed by atoms with van der Waals surface area (Å²) >= 11 is 0. The zero-order chi connectivity index (χ0) is 10.2. The fraction of sp³-hybridized carbons (Fsp3) is 0.200. The largest absolute Gasteiger partial charge is 0.468 e. The first kappa shape index (κ1) is 10.2. The Kier molecular flexibility index (Phi) is 4.20. The highest BCUT2D eigenvalue weighted by molar-refractivity contribution is 5.71. The SMILES string of the molecule is CCOC=O.c1ccc2ocnc2c1. The summed E-state index contributed by atoms with van der Waals surface area (Å²) in [6.45, 7) is 2.66. The smallest absolute Gasteiger partial charge is 0.293 e. The highest BCUT2D eigenvalue weighted by Crippen LogP contribution is 2.09. The minimum atomic E-state index is 0.431. The van der Waals surface area contributed by atoms with Gasteiger partial charge in [-0.05, 0) is 19.1 Å². The summed E-state index contributed by atoms with van der Waals surface area (Å²) in [5, 5.41) is 0. The number of carbonyl (C=O) groups is 1. The van der Waals surface area contributed by atoms with Crippen LogP contribution in [0.2, 0.25) is 0 Å². The summed E-state index contributed by atoms with van der Waals surface area (Å²) in [6, 6.07) is 7.67. The summed E-state index contributed by atoms with van der Waals surface area (Å²) in [4.78, 5) is 13.1. The second kappa shape index (κ2) is 5.75. The van der Waals surface area contributed by atoms with Crippen LogP contribution in [0.5, 0.6) is 0 Å². The van der Waals surface area contributed by atoms with Crippen LogP contribution < -0.4 is 0 Å². The monoisotopic (exact) mass is 193 g/mol. The fourth-order valence-corrected chi connectivity index (χ4v) is 0.871. The second-order valence-corrected chi connectivity index (χ2v) is 2.37. The van der Waals surface area contributed by atoms with Crippen molar-refractivity contribution in [1.29, 1.82) is 0 Å². The Hall–Kier alpha value is -1.84. The van der Waals surface area contributed by atoms with Crippen LogP contribution >= 0.6 is 0 Å². The quantitative estimate of drug-likeness (QED) is 0.684. The maximum atomic E-state index is 9.18. The van der Waals surface area contributed by atoms with E-state index in [1.165, 1.54) is 6.39 Å². The topological polar surface area (TPSA) is 52.3 Å². The number of para-hydroxylation sites is 2. The molecule has 0 spiro atoms. The first-order valence-electron chi connectivity index (χ1n) is 4.22. The number of carbonyl (C=O) groups excluding carboxylic acids is 1. The van der Waals surface area contributed by atoms with E-state index in [2.05, 4.69) is 9.72 Å². The molecule has 0 saturated heterocycles. The van der Waals surface area contributed by atoms with Crippen molar-refractivity contribution in [2.75, 3.05) is 6.61 Å². The Morgan fingerprint density at radius 1 is 1.50 bits per heavy atom. The molecule has 0 aliphatic heterocycles. The standard InChI is InChI=1S/C7H5NO.C3H6O2/c1-2-4-7-6(3-1)8-5-9-7;1-2-5-3-4/h1-5H;3H,2H2,1H3. The van der Waals surface area contributed by atoms with E-state index in [1.807, 2.05) is 24.3 Å². The van der Waals surface area contributed by atoms with Gasteiger partial charge in [0.1, 0.15) is 5.52 Å². The van der Waals surface area contributed by atoms with Crippen molar-refractivity contribution in [3.8, 4) is 0 Å². The predicted molar refractivity (Wildman–Crippen MR) is 51.7 cm³/mol. The average Bonchev–Trinajstić information content (AvgIpc) is 2.67. The molecule has 0 N–H and O–H groups in total. The minimum Gasteiger partial charge on any atom is -0.468 e. The van der Waals surface area contributed by atoms with Gasteiger partial charge in [0.05, 0.1) is 6.61 Å². The normalized spacial score (nSPS) is 8.93. The maximum Gasteiger partial charge on any atom is 0.293 e. The zero-order valence-corrected chi connectivity index (χ0v) is 7.84. The number of oxazole rings is 1. The van der Waals surface area contributed by atoms with Crippen LogP contribution in [0, 0.1) is 0 Å². The lowest BCUT2D eigenvalue weighted by Gasteiger charge is -1.79. The summed E-state index contributed by atoms with van der Waals surface area (Å²) < 4.78 is 9.16. The highest BCUT2D eigenvalue weighted by atomic mass is 16.5. The van der Waals surface area contributed by atoms with Gasteiger partial charge < -0.3 is 9.15 Å². The van der Waals surface area contributed by atoms with Gasteiger partial charge in [0, 0.05) is 0 Å². The van der Waals surface area contributed by atoms with Gasteiger partial charge in [-0.1, -0.05) is 12.1 Å². The van der Waals surface area contributed by atoms with Crippen molar-refractivity contribution < 1.29 is 13.9 Å². The Morgan fingerprint density at radius 2 is 2.29 bits per heavy atom. The molecule has 1 aromatic carbocycles. The van der Waals surface area contributed by atoms with Gasteiger partial charge in [-0.2, -0.15) is 0 Å². The van der Waals surface area contributed by atoms with Gasteiger partial charge in [-0.3, -0.25) is 4.79 Å². The molecule has 0 aliphatic carbocycles. The van der Waals surface area contributed by atoms with Crippen LogP contribution in [0.4, 0.5) is 0 Å². The van der Waals surface area contributed by atoms with Crippen LogP contribution in [0.3, 0.4) is 0 Å². The van der Waals surface area contributed by atoms with Crippen LogP contribution in [0.1, 0.15) is 6.92 Å². The van der Waals surface area contributed by atoms with E-state index in [1.54, 1.807) is 6.92 Å². The number of benzene rings is 1. The van der Waals surface area contributed by atoms with Gasteiger partial charge >= 0.3 is 0 Å². The molecule has 4 heteroatoms. The van der Waals surface area contributed by atoms with Crippen molar-refractivity contribution in [3.05, 3.63) is 30.7 Å². The number of aromatic nitrogens is 1. The average molecular weight is 193 g/mol. The van der Waals surface area contributed by atoms with Gasteiger partial charge in [-0.15, -0.1) is 0 Å². The van der Waals surface area contributed by atoms with Crippen molar-refractivity contribution in [2.45, 2.75) is 6.92 Å². The van der Waals surface area contributed by atoms with Crippen LogP contribution in [0.25, 0.3) is 11.1 Å². The third kappa shape index (κ3) is 2.90. The van der Waals surface area contributed by atoms with Gasteiger partial charge in [0.15, 0.2) is 12.0 Å². The van der Waals surface area contributed by atoms with Crippen molar-refractivity contribution in [3.63, 3.8) is 0 Å². The van der Waals surface area contributed by atoms with Crippen LogP contribution in [0.15, 0.2) is 35.1 Å². The van der Waals surface area contributed by atoms with E-state index in [9.17, 15) is 4.79 Å².